The van der Waals surface area contributed by atoms with E-state index in [0.29, 0.717) is 17.2 Å². The van der Waals surface area contributed by atoms with Gasteiger partial charge in [0.15, 0.2) is 0 Å². The van der Waals surface area contributed by atoms with E-state index in [1.807, 2.05) is 0 Å². The van der Waals surface area contributed by atoms with Crippen LogP contribution in [-0.4, -0.2) is 11.1 Å². The fourth-order valence-electron chi connectivity index (χ4n) is 1.66. The van der Waals surface area contributed by atoms with Crippen molar-refractivity contribution in [1.82, 2.24) is 0 Å². The van der Waals surface area contributed by atoms with Gasteiger partial charge in [-0.1, -0.05) is 0 Å². The Hall–Kier alpha value is -1.82. The van der Waals surface area contributed by atoms with Crippen LogP contribution in [0.3, 0.4) is 0 Å². The Morgan fingerprint density at radius 2 is 2.21 bits per heavy atom. The molecule has 0 amide bonds. The van der Waals surface area contributed by atoms with E-state index in [1.165, 1.54) is 18.2 Å². The standard InChI is InChI=1S/C13H11BrFNO3/c1-7-10(13(17)18)5-9(19-7)6-16-12-4-8(15)2-3-11(12)14/h2-5,16H,6H2,1H3,(H,17,18). The second kappa shape index (κ2) is 5.44. The Balaban J connectivity index is 2.12. The molecule has 0 aliphatic heterocycles. The Kier molecular flexibility index (Phi) is 3.90. The Bertz CT molecular complexity index is 624. The van der Waals surface area contributed by atoms with Gasteiger partial charge in [0, 0.05) is 4.47 Å². The van der Waals surface area contributed by atoms with Crippen molar-refractivity contribution in [2.75, 3.05) is 5.32 Å². The van der Waals surface area contributed by atoms with Crippen LogP contribution in [0, 0.1) is 12.7 Å². The maximum absolute atomic E-state index is 13.1. The van der Waals surface area contributed by atoms with Gasteiger partial charge in [-0.2, -0.15) is 0 Å². The summed E-state index contributed by atoms with van der Waals surface area (Å²) in [7, 11) is 0. The SMILES string of the molecule is Cc1oc(CNc2cc(F)ccc2Br)cc1C(=O)O. The van der Waals surface area contributed by atoms with Crippen LogP contribution < -0.4 is 5.32 Å². The first-order chi connectivity index (χ1) is 8.97. The minimum absolute atomic E-state index is 0.134. The molecule has 0 atom stereocenters. The lowest BCUT2D eigenvalue weighted by molar-refractivity contribution is 0.0695. The number of benzene rings is 1. The van der Waals surface area contributed by atoms with Crippen LogP contribution in [0.2, 0.25) is 0 Å². The van der Waals surface area contributed by atoms with Crippen molar-refractivity contribution in [2.24, 2.45) is 0 Å². The molecular formula is C13H11BrFNO3. The lowest BCUT2D eigenvalue weighted by atomic mass is 10.2. The molecule has 2 aromatic rings. The van der Waals surface area contributed by atoms with Gasteiger partial charge < -0.3 is 14.8 Å². The monoisotopic (exact) mass is 327 g/mol. The highest BCUT2D eigenvalue weighted by Gasteiger charge is 2.13. The van der Waals surface area contributed by atoms with Gasteiger partial charge in [-0.25, -0.2) is 9.18 Å². The van der Waals surface area contributed by atoms with Gasteiger partial charge in [0.2, 0.25) is 0 Å². The molecule has 19 heavy (non-hydrogen) atoms. The third-order valence-electron chi connectivity index (χ3n) is 2.58. The van der Waals surface area contributed by atoms with Crippen molar-refractivity contribution < 1.29 is 18.7 Å². The van der Waals surface area contributed by atoms with Crippen LogP contribution in [0.4, 0.5) is 10.1 Å². The number of furan rings is 1. The van der Waals surface area contributed by atoms with E-state index in [-0.39, 0.29) is 17.9 Å². The molecule has 1 heterocycles. The van der Waals surface area contributed by atoms with Crippen molar-refractivity contribution >= 4 is 27.6 Å². The van der Waals surface area contributed by atoms with E-state index in [2.05, 4.69) is 21.2 Å². The number of nitrogens with one attached hydrogen (secondary N) is 1. The van der Waals surface area contributed by atoms with E-state index in [4.69, 9.17) is 9.52 Å². The number of halogens is 2. The van der Waals surface area contributed by atoms with E-state index in [1.54, 1.807) is 13.0 Å². The van der Waals surface area contributed by atoms with Gasteiger partial charge in [0.05, 0.1) is 12.2 Å². The molecule has 0 radical (unpaired) electrons. The smallest absolute Gasteiger partial charge is 0.339 e. The highest BCUT2D eigenvalue weighted by molar-refractivity contribution is 9.10. The summed E-state index contributed by atoms with van der Waals surface area (Å²) in [6.45, 7) is 1.86. The molecule has 0 bridgehead atoms. The minimum atomic E-state index is -1.03. The quantitative estimate of drug-likeness (QED) is 0.896. The molecule has 0 saturated heterocycles. The van der Waals surface area contributed by atoms with Gasteiger partial charge in [0.1, 0.15) is 22.9 Å². The predicted molar refractivity (Wildman–Crippen MR) is 71.8 cm³/mol. The van der Waals surface area contributed by atoms with Gasteiger partial charge in [-0.3, -0.25) is 0 Å². The van der Waals surface area contributed by atoms with E-state index < -0.39 is 5.97 Å². The van der Waals surface area contributed by atoms with Crippen molar-refractivity contribution in [3.63, 3.8) is 0 Å². The Morgan fingerprint density at radius 3 is 2.84 bits per heavy atom. The van der Waals surface area contributed by atoms with Crippen LogP contribution in [0.5, 0.6) is 0 Å². The number of aryl methyl sites for hydroxylation is 1. The van der Waals surface area contributed by atoms with Crippen LogP contribution >= 0.6 is 15.9 Å². The first-order valence-electron chi connectivity index (χ1n) is 5.49. The van der Waals surface area contributed by atoms with Gasteiger partial charge in [0.25, 0.3) is 0 Å². The second-order valence-corrected chi connectivity index (χ2v) is 4.82. The summed E-state index contributed by atoms with van der Waals surface area (Å²) < 4.78 is 19.1. The van der Waals surface area contributed by atoms with Crippen molar-refractivity contribution in [1.29, 1.82) is 0 Å². The molecule has 1 aromatic heterocycles. The van der Waals surface area contributed by atoms with E-state index in [9.17, 15) is 9.18 Å². The van der Waals surface area contributed by atoms with Crippen LogP contribution in [0.25, 0.3) is 0 Å². The molecule has 100 valence electrons. The first kappa shape index (κ1) is 13.6. The molecule has 2 N–H and O–H groups in total. The van der Waals surface area contributed by atoms with Crippen LogP contribution in [-0.2, 0) is 6.54 Å². The van der Waals surface area contributed by atoms with Crippen molar-refractivity contribution in [3.05, 3.63) is 51.6 Å². The van der Waals surface area contributed by atoms with E-state index in [0.717, 1.165) is 4.47 Å². The number of carboxylic acids is 1. The zero-order valence-corrected chi connectivity index (χ0v) is 11.6. The summed E-state index contributed by atoms with van der Waals surface area (Å²) in [6.07, 6.45) is 0. The third kappa shape index (κ3) is 3.14. The topological polar surface area (TPSA) is 62.5 Å². The number of hydrogen-bond acceptors (Lipinski definition) is 3. The Labute approximate surface area is 117 Å². The fourth-order valence-corrected chi connectivity index (χ4v) is 2.05. The number of carboxylic acid groups (broad SMARTS) is 1. The summed E-state index contributed by atoms with van der Waals surface area (Å²) in [4.78, 5) is 10.9. The van der Waals surface area contributed by atoms with Crippen molar-refractivity contribution in [3.8, 4) is 0 Å². The summed E-state index contributed by atoms with van der Waals surface area (Å²) in [5.41, 5.74) is 0.709. The molecule has 0 aliphatic carbocycles. The highest BCUT2D eigenvalue weighted by Crippen LogP contribution is 2.24. The molecule has 0 spiro atoms. The lowest BCUT2D eigenvalue weighted by Gasteiger charge is -2.06. The summed E-state index contributed by atoms with van der Waals surface area (Å²) in [5, 5.41) is 11.9. The zero-order valence-electron chi connectivity index (χ0n) is 10.0. The van der Waals surface area contributed by atoms with Crippen LogP contribution in [0.1, 0.15) is 21.9 Å². The highest BCUT2D eigenvalue weighted by atomic mass is 79.9. The molecule has 4 nitrogen and oxygen atoms in total. The predicted octanol–water partition coefficient (Wildman–Crippen LogP) is 3.80. The lowest BCUT2D eigenvalue weighted by Crippen LogP contribution is -1.99. The van der Waals surface area contributed by atoms with Crippen molar-refractivity contribution in [2.45, 2.75) is 13.5 Å². The number of rotatable bonds is 4. The average Bonchev–Trinajstić information content (AvgIpc) is 2.72. The number of anilines is 1. The largest absolute Gasteiger partial charge is 0.478 e. The first-order valence-corrected chi connectivity index (χ1v) is 6.28. The number of carbonyl (C=O) groups is 1. The molecule has 1 aromatic carbocycles. The molecule has 0 unspecified atom stereocenters. The van der Waals surface area contributed by atoms with Gasteiger partial charge in [-0.05, 0) is 47.1 Å². The summed E-state index contributed by atoms with van der Waals surface area (Å²) >= 11 is 3.29. The molecule has 0 aliphatic rings. The number of hydrogen-bond donors (Lipinski definition) is 2. The molecular weight excluding hydrogens is 317 g/mol. The third-order valence-corrected chi connectivity index (χ3v) is 3.27. The molecule has 2 rings (SSSR count). The normalized spacial score (nSPS) is 10.5. The molecule has 0 fully saturated rings. The average molecular weight is 328 g/mol. The molecule has 6 heteroatoms. The van der Waals surface area contributed by atoms with Gasteiger partial charge in [-0.15, -0.1) is 0 Å². The van der Waals surface area contributed by atoms with Crippen LogP contribution in [0.15, 0.2) is 33.2 Å². The maximum atomic E-state index is 13.1. The summed E-state index contributed by atoms with van der Waals surface area (Å²) in [6, 6.07) is 5.73. The molecule has 0 saturated carbocycles. The summed E-state index contributed by atoms with van der Waals surface area (Å²) in [5.74, 6) is -0.555. The number of aromatic carboxylic acids is 1. The minimum Gasteiger partial charge on any atom is -0.478 e. The Morgan fingerprint density at radius 1 is 1.47 bits per heavy atom. The fraction of sp³-hybridized carbons (Fsp3) is 0.154. The maximum Gasteiger partial charge on any atom is 0.339 e. The van der Waals surface area contributed by atoms with Gasteiger partial charge >= 0.3 is 5.97 Å². The zero-order chi connectivity index (χ0) is 14.0. The second-order valence-electron chi connectivity index (χ2n) is 3.97. The van der Waals surface area contributed by atoms with E-state index >= 15 is 0 Å².